The molecule has 0 amide bonds. The quantitative estimate of drug-likeness (QED) is 0.723. The molecule has 0 radical (unpaired) electrons. The zero-order valence-corrected chi connectivity index (χ0v) is 7.21. The lowest BCUT2D eigenvalue weighted by Crippen LogP contribution is -2.34. The smallest absolute Gasteiger partial charge is 0.159 e. The Morgan fingerprint density at radius 1 is 1.50 bits per heavy atom. The molecule has 12 heavy (non-hydrogen) atoms. The van der Waals surface area contributed by atoms with Crippen LogP contribution in [0.4, 0.5) is 4.39 Å². The minimum Gasteiger partial charge on any atom is -0.319 e. The first-order valence-corrected chi connectivity index (χ1v) is 3.83. The largest absolute Gasteiger partial charge is 0.319 e. The van der Waals surface area contributed by atoms with E-state index in [9.17, 15) is 4.39 Å². The maximum absolute atomic E-state index is 12.4. The Balaban J connectivity index is 2.96. The Hall–Kier alpha value is -1.03. The van der Waals surface area contributed by atoms with Gasteiger partial charge in [0.25, 0.3) is 0 Å². The van der Waals surface area contributed by atoms with Crippen LogP contribution in [-0.4, -0.2) is 9.97 Å². The summed E-state index contributed by atoms with van der Waals surface area (Å²) in [5, 5.41) is 0. The lowest BCUT2D eigenvalue weighted by molar-refractivity contribution is 0.441. The van der Waals surface area contributed by atoms with Gasteiger partial charge in [-0.25, -0.2) is 14.4 Å². The van der Waals surface area contributed by atoms with Gasteiger partial charge < -0.3 is 5.73 Å². The predicted octanol–water partition coefficient (Wildman–Crippen LogP) is 1.20. The third-order valence-corrected chi connectivity index (χ3v) is 1.87. The van der Waals surface area contributed by atoms with Crippen LogP contribution < -0.4 is 5.73 Å². The first kappa shape index (κ1) is 9.06. The fraction of sp³-hybridized carbons (Fsp3) is 0.500. The van der Waals surface area contributed by atoms with Crippen LogP contribution in [0.3, 0.4) is 0 Å². The zero-order valence-electron chi connectivity index (χ0n) is 7.21. The van der Waals surface area contributed by atoms with Crippen LogP contribution in [0.1, 0.15) is 26.1 Å². The molecule has 1 atom stereocenters. The highest BCUT2D eigenvalue weighted by atomic mass is 19.1. The number of aromatic nitrogens is 2. The third kappa shape index (κ3) is 1.76. The van der Waals surface area contributed by atoms with Gasteiger partial charge >= 0.3 is 0 Å². The molecule has 1 heterocycles. The van der Waals surface area contributed by atoms with E-state index in [-0.39, 0.29) is 0 Å². The van der Waals surface area contributed by atoms with Crippen molar-refractivity contribution in [3.8, 4) is 0 Å². The van der Waals surface area contributed by atoms with Crippen LogP contribution in [0, 0.1) is 5.82 Å². The first-order valence-electron chi connectivity index (χ1n) is 3.83. The molecule has 0 fully saturated rings. The van der Waals surface area contributed by atoms with Crippen LogP contribution in [0.2, 0.25) is 0 Å². The molecular weight excluding hydrogens is 157 g/mol. The summed E-state index contributed by atoms with van der Waals surface area (Å²) in [5.74, 6) is 0.0389. The van der Waals surface area contributed by atoms with Crippen LogP contribution >= 0.6 is 0 Å². The average Bonchev–Trinajstić information content (AvgIpc) is 2.05. The van der Waals surface area contributed by atoms with Gasteiger partial charge in [0.15, 0.2) is 5.82 Å². The van der Waals surface area contributed by atoms with Crippen molar-refractivity contribution in [1.82, 2.24) is 9.97 Å². The summed E-state index contributed by atoms with van der Waals surface area (Å²) >= 11 is 0. The molecule has 3 nitrogen and oxygen atoms in total. The number of nitrogens with two attached hydrogens (primary N) is 1. The summed E-state index contributed by atoms with van der Waals surface area (Å²) in [7, 11) is 0. The Kier molecular flexibility index (Phi) is 2.38. The topological polar surface area (TPSA) is 51.8 Å². The number of rotatable bonds is 2. The molecule has 0 saturated carbocycles. The molecule has 0 spiro atoms. The molecular formula is C8H12FN3. The minimum absolute atomic E-state index is 0.439. The molecule has 4 heteroatoms. The minimum atomic E-state index is -0.562. The summed E-state index contributed by atoms with van der Waals surface area (Å²) in [6.07, 6.45) is 2.98. The first-order chi connectivity index (χ1) is 5.56. The number of hydrogen-bond donors (Lipinski definition) is 1. The second-order valence-corrected chi connectivity index (χ2v) is 3.00. The molecule has 0 saturated heterocycles. The van der Waals surface area contributed by atoms with Gasteiger partial charge in [0.05, 0.1) is 17.9 Å². The SMILES string of the molecule is CCC(C)(N)c1ncc(F)cn1. The maximum atomic E-state index is 12.4. The molecule has 1 rings (SSSR count). The third-order valence-electron chi connectivity index (χ3n) is 1.87. The van der Waals surface area contributed by atoms with Crippen molar-refractivity contribution in [2.45, 2.75) is 25.8 Å². The van der Waals surface area contributed by atoms with Gasteiger partial charge in [-0.1, -0.05) is 6.92 Å². The number of hydrogen-bond acceptors (Lipinski definition) is 3. The van der Waals surface area contributed by atoms with Crippen LogP contribution in [-0.2, 0) is 5.54 Å². The van der Waals surface area contributed by atoms with E-state index in [1.54, 1.807) is 0 Å². The maximum Gasteiger partial charge on any atom is 0.159 e. The second-order valence-electron chi connectivity index (χ2n) is 3.00. The fourth-order valence-corrected chi connectivity index (χ4v) is 0.765. The van der Waals surface area contributed by atoms with Crippen molar-refractivity contribution in [3.05, 3.63) is 24.0 Å². The van der Waals surface area contributed by atoms with Gasteiger partial charge in [-0.3, -0.25) is 0 Å². The van der Waals surface area contributed by atoms with Gasteiger partial charge in [0.2, 0.25) is 0 Å². The predicted molar refractivity (Wildman–Crippen MR) is 43.8 cm³/mol. The molecule has 2 N–H and O–H groups in total. The van der Waals surface area contributed by atoms with E-state index in [0.717, 1.165) is 18.8 Å². The van der Waals surface area contributed by atoms with Crippen molar-refractivity contribution < 1.29 is 4.39 Å². The van der Waals surface area contributed by atoms with E-state index in [2.05, 4.69) is 9.97 Å². The van der Waals surface area contributed by atoms with Crippen LogP contribution in [0.25, 0.3) is 0 Å². The number of nitrogens with zero attached hydrogens (tertiary/aromatic N) is 2. The van der Waals surface area contributed by atoms with E-state index < -0.39 is 11.4 Å². The van der Waals surface area contributed by atoms with Crippen molar-refractivity contribution in [1.29, 1.82) is 0 Å². The zero-order chi connectivity index (χ0) is 9.19. The summed E-state index contributed by atoms with van der Waals surface area (Å²) < 4.78 is 12.4. The van der Waals surface area contributed by atoms with E-state index in [1.807, 2.05) is 13.8 Å². The average molecular weight is 169 g/mol. The molecule has 0 aliphatic rings. The molecule has 0 aromatic carbocycles. The molecule has 0 bridgehead atoms. The Morgan fingerprint density at radius 3 is 2.42 bits per heavy atom. The van der Waals surface area contributed by atoms with Gasteiger partial charge in [-0.05, 0) is 13.3 Å². The number of halogens is 1. The van der Waals surface area contributed by atoms with Gasteiger partial charge in [-0.15, -0.1) is 0 Å². The highest BCUT2D eigenvalue weighted by Gasteiger charge is 2.21. The van der Waals surface area contributed by atoms with E-state index in [1.165, 1.54) is 0 Å². The highest BCUT2D eigenvalue weighted by Crippen LogP contribution is 2.15. The summed E-state index contributed by atoms with van der Waals surface area (Å²) in [4.78, 5) is 7.62. The molecule has 1 aromatic heterocycles. The van der Waals surface area contributed by atoms with Crippen molar-refractivity contribution in [2.24, 2.45) is 5.73 Å². The molecule has 0 aliphatic heterocycles. The molecule has 0 aliphatic carbocycles. The highest BCUT2D eigenvalue weighted by molar-refractivity contribution is 5.02. The van der Waals surface area contributed by atoms with Gasteiger partial charge in [0, 0.05) is 0 Å². The van der Waals surface area contributed by atoms with Gasteiger partial charge in [0.1, 0.15) is 5.82 Å². The Morgan fingerprint density at radius 2 is 2.00 bits per heavy atom. The summed E-state index contributed by atoms with van der Waals surface area (Å²) in [6.45, 7) is 3.76. The summed E-state index contributed by atoms with van der Waals surface area (Å²) in [6, 6.07) is 0. The molecule has 66 valence electrons. The fourth-order valence-electron chi connectivity index (χ4n) is 0.765. The summed E-state index contributed by atoms with van der Waals surface area (Å²) in [5.41, 5.74) is 5.28. The van der Waals surface area contributed by atoms with Crippen molar-refractivity contribution in [2.75, 3.05) is 0 Å². The van der Waals surface area contributed by atoms with E-state index in [4.69, 9.17) is 5.73 Å². The Bertz CT molecular complexity index is 256. The lowest BCUT2D eigenvalue weighted by Gasteiger charge is -2.19. The van der Waals surface area contributed by atoms with E-state index >= 15 is 0 Å². The monoisotopic (exact) mass is 169 g/mol. The Labute approximate surface area is 70.8 Å². The standard InChI is InChI=1S/C8H12FN3/c1-3-8(2,10)7-11-4-6(9)5-12-7/h4-5H,3,10H2,1-2H3. The molecule has 1 unspecified atom stereocenters. The van der Waals surface area contributed by atoms with Crippen LogP contribution in [0.15, 0.2) is 12.4 Å². The van der Waals surface area contributed by atoms with Gasteiger partial charge in [-0.2, -0.15) is 0 Å². The lowest BCUT2D eigenvalue weighted by atomic mass is 10.00. The second kappa shape index (κ2) is 3.15. The van der Waals surface area contributed by atoms with E-state index in [0.29, 0.717) is 5.82 Å². The molecule has 1 aromatic rings. The van der Waals surface area contributed by atoms with Crippen LogP contribution in [0.5, 0.6) is 0 Å². The van der Waals surface area contributed by atoms with Crippen molar-refractivity contribution in [3.63, 3.8) is 0 Å². The van der Waals surface area contributed by atoms with Crippen molar-refractivity contribution >= 4 is 0 Å². The normalized spacial score (nSPS) is 15.7.